The normalized spacial score (nSPS) is 10.5. The maximum absolute atomic E-state index is 5.66. The fraction of sp³-hybridized carbons (Fsp3) is 0.500. The number of likely N-dealkylation sites (N-methyl/N-ethyl adjacent to an activating group) is 1. The zero-order valence-corrected chi connectivity index (χ0v) is 11.4. The molecule has 0 heterocycles. The van der Waals surface area contributed by atoms with Crippen LogP contribution in [0.25, 0.3) is 0 Å². The van der Waals surface area contributed by atoms with Crippen LogP contribution in [0.1, 0.15) is 0 Å². The highest BCUT2D eigenvalue weighted by atomic mass is 79.9. The van der Waals surface area contributed by atoms with Gasteiger partial charge in [-0.3, -0.25) is 0 Å². The lowest BCUT2D eigenvalue weighted by Crippen LogP contribution is -2.26. The average Bonchev–Trinajstić information content (AvgIpc) is 2.30. The molecule has 90 valence electrons. The second-order valence-electron chi connectivity index (χ2n) is 3.49. The third kappa shape index (κ3) is 4.41. The van der Waals surface area contributed by atoms with Crippen LogP contribution in [-0.4, -0.2) is 44.1 Å². The zero-order chi connectivity index (χ0) is 11.8. The number of rotatable bonds is 7. The maximum atomic E-state index is 5.66. The highest BCUT2D eigenvalue weighted by molar-refractivity contribution is 9.09. The molecular formula is C12H18BrNO2. The molecule has 0 fully saturated rings. The molecule has 0 aliphatic rings. The van der Waals surface area contributed by atoms with E-state index in [1.807, 2.05) is 24.3 Å². The van der Waals surface area contributed by atoms with Crippen LogP contribution in [0, 0.1) is 0 Å². The molecule has 0 bridgehead atoms. The Hall–Kier alpha value is -0.740. The van der Waals surface area contributed by atoms with E-state index in [4.69, 9.17) is 9.47 Å². The Bertz CT molecular complexity index is 307. The lowest BCUT2D eigenvalue weighted by Gasteiger charge is -2.16. The standard InChI is InChI=1S/C12H18BrNO2/c1-14(8-7-13)9-10-16-12-6-4-3-5-11(12)15-2/h3-6H,7-10H2,1-2H3. The number of halogens is 1. The fourth-order valence-electron chi connectivity index (χ4n) is 1.31. The predicted octanol–water partition coefficient (Wildman–Crippen LogP) is 2.40. The molecule has 16 heavy (non-hydrogen) atoms. The third-order valence-electron chi connectivity index (χ3n) is 2.27. The molecule has 0 atom stereocenters. The molecule has 0 spiro atoms. The summed E-state index contributed by atoms with van der Waals surface area (Å²) in [5, 5.41) is 0.984. The van der Waals surface area contributed by atoms with Gasteiger partial charge in [0.2, 0.25) is 0 Å². The van der Waals surface area contributed by atoms with E-state index in [2.05, 4.69) is 27.9 Å². The van der Waals surface area contributed by atoms with Crippen LogP contribution in [0.4, 0.5) is 0 Å². The lowest BCUT2D eigenvalue weighted by atomic mass is 10.3. The second kappa shape index (κ2) is 7.52. The van der Waals surface area contributed by atoms with Crippen molar-refractivity contribution in [1.82, 2.24) is 4.90 Å². The van der Waals surface area contributed by atoms with Crippen LogP contribution >= 0.6 is 15.9 Å². The minimum absolute atomic E-state index is 0.671. The monoisotopic (exact) mass is 287 g/mol. The Labute approximate surface area is 105 Å². The SMILES string of the molecule is COc1ccccc1OCCN(C)CCBr. The Kier molecular flexibility index (Phi) is 6.26. The quantitative estimate of drug-likeness (QED) is 0.719. The van der Waals surface area contributed by atoms with Crippen molar-refractivity contribution in [1.29, 1.82) is 0 Å². The average molecular weight is 288 g/mol. The first-order chi connectivity index (χ1) is 7.77. The van der Waals surface area contributed by atoms with Crippen LogP contribution < -0.4 is 9.47 Å². The van der Waals surface area contributed by atoms with Crippen LogP contribution in [0.3, 0.4) is 0 Å². The number of nitrogens with zero attached hydrogens (tertiary/aromatic N) is 1. The van der Waals surface area contributed by atoms with Crippen LogP contribution in [-0.2, 0) is 0 Å². The summed E-state index contributed by atoms with van der Waals surface area (Å²) in [4.78, 5) is 2.21. The van der Waals surface area contributed by atoms with Gasteiger partial charge < -0.3 is 14.4 Å². The van der Waals surface area contributed by atoms with Crippen molar-refractivity contribution in [3.63, 3.8) is 0 Å². The Balaban J connectivity index is 2.36. The van der Waals surface area contributed by atoms with E-state index in [-0.39, 0.29) is 0 Å². The number of hydrogen-bond donors (Lipinski definition) is 0. The van der Waals surface area contributed by atoms with Gasteiger partial charge in [-0.1, -0.05) is 28.1 Å². The number of methoxy groups -OCH3 is 1. The van der Waals surface area contributed by atoms with E-state index < -0.39 is 0 Å². The van der Waals surface area contributed by atoms with E-state index in [1.54, 1.807) is 7.11 Å². The van der Waals surface area contributed by atoms with Gasteiger partial charge >= 0.3 is 0 Å². The summed E-state index contributed by atoms with van der Waals surface area (Å²) in [5.74, 6) is 1.59. The minimum atomic E-state index is 0.671. The molecule has 0 amide bonds. The van der Waals surface area contributed by atoms with Gasteiger partial charge in [0.1, 0.15) is 6.61 Å². The highest BCUT2D eigenvalue weighted by Gasteiger charge is 2.03. The molecule has 1 aromatic rings. The van der Waals surface area contributed by atoms with Gasteiger partial charge in [-0.05, 0) is 19.2 Å². The number of para-hydroxylation sites is 2. The van der Waals surface area contributed by atoms with Crippen LogP contribution in [0.5, 0.6) is 11.5 Å². The molecule has 0 saturated heterocycles. The first-order valence-electron chi connectivity index (χ1n) is 5.28. The number of hydrogen-bond acceptors (Lipinski definition) is 3. The van der Waals surface area contributed by atoms with Crippen molar-refractivity contribution in [3.05, 3.63) is 24.3 Å². The van der Waals surface area contributed by atoms with Gasteiger partial charge in [0, 0.05) is 18.4 Å². The third-order valence-corrected chi connectivity index (χ3v) is 2.62. The molecule has 0 aliphatic carbocycles. The summed E-state index contributed by atoms with van der Waals surface area (Å²) in [6.07, 6.45) is 0. The van der Waals surface area contributed by atoms with E-state index >= 15 is 0 Å². The number of benzene rings is 1. The van der Waals surface area contributed by atoms with Gasteiger partial charge in [0.25, 0.3) is 0 Å². The molecule has 0 N–H and O–H groups in total. The lowest BCUT2D eigenvalue weighted by molar-refractivity contribution is 0.237. The molecule has 4 heteroatoms. The van der Waals surface area contributed by atoms with Gasteiger partial charge in [-0.25, -0.2) is 0 Å². The summed E-state index contributed by atoms with van der Waals surface area (Å²) in [6, 6.07) is 7.70. The molecule has 0 saturated carbocycles. The summed E-state index contributed by atoms with van der Waals surface area (Å²) in [7, 11) is 3.73. The van der Waals surface area contributed by atoms with E-state index in [0.29, 0.717) is 6.61 Å². The number of alkyl halides is 1. The molecule has 1 rings (SSSR count). The van der Waals surface area contributed by atoms with Crippen molar-refractivity contribution in [2.45, 2.75) is 0 Å². The maximum Gasteiger partial charge on any atom is 0.161 e. The summed E-state index contributed by atoms with van der Waals surface area (Å²) >= 11 is 3.41. The molecule has 0 aliphatic heterocycles. The Morgan fingerprint density at radius 1 is 1.19 bits per heavy atom. The minimum Gasteiger partial charge on any atom is -0.493 e. The highest BCUT2D eigenvalue weighted by Crippen LogP contribution is 2.25. The van der Waals surface area contributed by atoms with E-state index in [1.165, 1.54) is 0 Å². The summed E-state index contributed by atoms with van der Waals surface area (Å²) in [6.45, 7) is 2.60. The number of ether oxygens (including phenoxy) is 2. The summed E-state index contributed by atoms with van der Waals surface area (Å²) in [5.41, 5.74) is 0. The Morgan fingerprint density at radius 2 is 1.88 bits per heavy atom. The largest absolute Gasteiger partial charge is 0.493 e. The van der Waals surface area contributed by atoms with Crippen molar-refractivity contribution >= 4 is 15.9 Å². The van der Waals surface area contributed by atoms with Crippen molar-refractivity contribution in [3.8, 4) is 11.5 Å². The van der Waals surface area contributed by atoms with E-state index in [0.717, 1.165) is 29.9 Å². The molecule has 0 aromatic heterocycles. The molecule has 1 aromatic carbocycles. The Morgan fingerprint density at radius 3 is 2.50 bits per heavy atom. The first kappa shape index (κ1) is 13.3. The predicted molar refractivity (Wildman–Crippen MR) is 69.8 cm³/mol. The van der Waals surface area contributed by atoms with Gasteiger partial charge in [0.05, 0.1) is 7.11 Å². The second-order valence-corrected chi connectivity index (χ2v) is 4.28. The van der Waals surface area contributed by atoms with Crippen LogP contribution in [0.15, 0.2) is 24.3 Å². The van der Waals surface area contributed by atoms with Crippen LogP contribution in [0.2, 0.25) is 0 Å². The van der Waals surface area contributed by atoms with Gasteiger partial charge in [-0.15, -0.1) is 0 Å². The molecule has 0 radical (unpaired) electrons. The summed E-state index contributed by atoms with van der Waals surface area (Å²) < 4.78 is 10.9. The zero-order valence-electron chi connectivity index (χ0n) is 9.78. The van der Waals surface area contributed by atoms with Crippen molar-refractivity contribution < 1.29 is 9.47 Å². The topological polar surface area (TPSA) is 21.7 Å². The van der Waals surface area contributed by atoms with Gasteiger partial charge in [-0.2, -0.15) is 0 Å². The molecule has 0 unspecified atom stereocenters. The van der Waals surface area contributed by atoms with Crippen molar-refractivity contribution in [2.24, 2.45) is 0 Å². The van der Waals surface area contributed by atoms with Crippen molar-refractivity contribution in [2.75, 3.05) is 39.2 Å². The first-order valence-corrected chi connectivity index (χ1v) is 6.40. The molecular weight excluding hydrogens is 270 g/mol. The van der Waals surface area contributed by atoms with E-state index in [9.17, 15) is 0 Å². The smallest absolute Gasteiger partial charge is 0.161 e. The fourth-order valence-corrected chi connectivity index (χ4v) is 1.91. The molecule has 3 nitrogen and oxygen atoms in total. The van der Waals surface area contributed by atoms with Gasteiger partial charge in [0.15, 0.2) is 11.5 Å².